The minimum atomic E-state index is -2.88. The Morgan fingerprint density at radius 2 is 0.907 bits per heavy atom. The average Bonchev–Trinajstić information content (AvgIpc) is 2.58. The molecular weight excluding hydrogens is 693 g/mol. The molecule has 0 aliphatic rings. The van der Waals surface area contributed by atoms with Gasteiger partial charge in [0.2, 0.25) is 7.83 Å². The van der Waals surface area contributed by atoms with Crippen molar-refractivity contribution in [1.29, 1.82) is 0 Å². The van der Waals surface area contributed by atoms with Crippen LogP contribution >= 0.6 is 0 Å². The third-order valence-corrected chi connectivity index (χ3v) is 51.0. The van der Waals surface area contributed by atoms with E-state index >= 15 is 0 Å². The molecule has 1 atom stereocenters. The molecule has 0 spiro atoms. The predicted octanol–water partition coefficient (Wildman–Crippen LogP) is 9.07. The highest BCUT2D eigenvalue weighted by molar-refractivity contribution is 7.40. The van der Waals surface area contributed by atoms with Crippen LogP contribution in [0.15, 0.2) is 12.2 Å². The molecule has 0 aromatic heterocycles. The molecule has 0 fully saturated rings. The van der Waals surface area contributed by atoms with E-state index in [-0.39, 0.29) is 5.97 Å². The van der Waals surface area contributed by atoms with Gasteiger partial charge in [0.25, 0.3) is 7.83 Å². The van der Waals surface area contributed by atoms with Crippen LogP contribution in [0.3, 0.4) is 0 Å². The standard InChI is InChI=1S/C26H68O8Si9/c1-22-23-43(28-26(27)25(2)3,42(20,21)34-41(18,19)33-39(14,15)30-36(7,8)9)24-37(10,11)31-40(16,17)32-38(12,13)29-35(4,5)6/h2,22-24H2,1,3-21H3. The Bertz CT molecular complexity index is 957. The third kappa shape index (κ3) is 17.1. The van der Waals surface area contributed by atoms with Gasteiger partial charge < -0.3 is 29.1 Å². The smallest absolute Gasteiger partial charge is 0.319 e. The Morgan fingerprint density at radius 1 is 0.558 bits per heavy atom. The summed E-state index contributed by atoms with van der Waals surface area (Å²) in [4.78, 5) is 13.3. The van der Waals surface area contributed by atoms with Crippen LogP contribution in [0.4, 0.5) is 0 Å². The molecule has 0 amide bonds. The van der Waals surface area contributed by atoms with Crippen LogP contribution in [0.5, 0.6) is 0 Å². The van der Waals surface area contributed by atoms with Crippen LogP contribution in [0.25, 0.3) is 0 Å². The zero-order valence-electron chi connectivity index (χ0n) is 31.6. The molecule has 43 heavy (non-hydrogen) atoms. The zero-order chi connectivity index (χ0) is 34.7. The number of carbonyl (C=O) groups is 1. The molecule has 0 N–H and O–H groups in total. The van der Waals surface area contributed by atoms with E-state index in [0.29, 0.717) is 5.57 Å². The van der Waals surface area contributed by atoms with Crippen LogP contribution < -0.4 is 0 Å². The van der Waals surface area contributed by atoms with Gasteiger partial charge in [0.05, 0.1) is 0 Å². The van der Waals surface area contributed by atoms with Crippen LogP contribution in [0, 0.1) is 0 Å². The van der Waals surface area contributed by atoms with Crippen LogP contribution in [0.2, 0.25) is 130 Å². The minimum Gasteiger partial charge on any atom is -0.516 e. The van der Waals surface area contributed by atoms with Crippen molar-refractivity contribution in [2.24, 2.45) is 0 Å². The molecule has 0 heterocycles. The van der Waals surface area contributed by atoms with Gasteiger partial charge >= 0.3 is 40.2 Å². The van der Waals surface area contributed by atoms with E-state index in [0.717, 1.165) is 18.1 Å². The molecule has 17 heteroatoms. The number of hydrogen-bond donors (Lipinski definition) is 0. The maximum Gasteiger partial charge on any atom is 0.319 e. The summed E-state index contributed by atoms with van der Waals surface area (Å²) in [6, 6.07) is 0.809. The first kappa shape index (κ1) is 43.9. The molecule has 1 unspecified atom stereocenters. The van der Waals surface area contributed by atoms with Crippen molar-refractivity contribution >= 4 is 80.8 Å². The summed E-state index contributed by atoms with van der Waals surface area (Å²) < 4.78 is 47.5. The lowest BCUT2D eigenvalue weighted by molar-refractivity contribution is -0.130. The second-order valence-electron chi connectivity index (χ2n) is 16.8. The number of rotatable bonds is 19. The Morgan fingerprint density at radius 3 is 1.23 bits per heavy atom. The lowest BCUT2D eigenvalue weighted by atomic mass is 10.4. The topological polar surface area (TPSA) is 81.7 Å². The molecular formula is C26H68O8Si9. The molecule has 0 bridgehead atoms. The highest BCUT2D eigenvalue weighted by Gasteiger charge is 2.61. The summed E-state index contributed by atoms with van der Waals surface area (Å²) in [7, 11) is -21.7. The van der Waals surface area contributed by atoms with E-state index in [1.54, 1.807) is 6.92 Å². The van der Waals surface area contributed by atoms with Crippen molar-refractivity contribution in [2.45, 2.75) is 150 Å². The first-order valence-corrected chi connectivity index (χ1v) is 43.1. The molecule has 0 aliphatic carbocycles. The van der Waals surface area contributed by atoms with E-state index in [4.69, 9.17) is 29.1 Å². The normalized spacial score (nSPS) is 16.2. The van der Waals surface area contributed by atoms with Crippen molar-refractivity contribution < 1.29 is 33.9 Å². The lowest BCUT2D eigenvalue weighted by Crippen LogP contribution is -2.71. The monoisotopic (exact) mass is 760 g/mol. The van der Waals surface area contributed by atoms with Gasteiger partial charge in [-0.3, -0.25) is 0 Å². The molecule has 0 aromatic carbocycles. The fourth-order valence-electron chi connectivity index (χ4n) is 6.32. The van der Waals surface area contributed by atoms with Gasteiger partial charge in [-0.2, -0.15) is 0 Å². The van der Waals surface area contributed by atoms with Crippen molar-refractivity contribution in [3.8, 4) is 0 Å². The quantitative estimate of drug-likeness (QED) is 0.0954. The molecule has 0 radical (unpaired) electrons. The molecule has 0 rings (SSSR count). The Labute approximate surface area is 275 Å². The summed E-state index contributed by atoms with van der Waals surface area (Å²) in [5, 5.41) is 0. The predicted molar refractivity (Wildman–Crippen MR) is 205 cm³/mol. The van der Waals surface area contributed by atoms with Gasteiger partial charge in [-0.15, -0.1) is 0 Å². The maximum absolute atomic E-state index is 13.3. The van der Waals surface area contributed by atoms with Crippen molar-refractivity contribution in [2.75, 3.05) is 0 Å². The summed E-state index contributed by atoms with van der Waals surface area (Å²) in [6.07, 6.45) is 0.892. The maximum atomic E-state index is 13.3. The second-order valence-corrected chi connectivity index (χ2v) is 58.3. The van der Waals surface area contributed by atoms with E-state index in [1.807, 2.05) is 0 Å². The van der Waals surface area contributed by atoms with Gasteiger partial charge in [0.15, 0.2) is 25.0 Å². The van der Waals surface area contributed by atoms with Crippen LogP contribution in [-0.2, 0) is 33.9 Å². The highest BCUT2D eigenvalue weighted by atomic mass is 29.3. The largest absolute Gasteiger partial charge is 0.516 e. The van der Waals surface area contributed by atoms with Gasteiger partial charge in [-0.1, -0.05) is 19.9 Å². The first-order valence-electron chi connectivity index (χ1n) is 15.7. The van der Waals surface area contributed by atoms with E-state index < -0.39 is 74.9 Å². The van der Waals surface area contributed by atoms with E-state index in [9.17, 15) is 4.79 Å². The lowest BCUT2D eigenvalue weighted by Gasteiger charge is -2.49. The van der Waals surface area contributed by atoms with Gasteiger partial charge in [-0.05, 0) is 136 Å². The molecule has 0 aliphatic heterocycles. The number of hydrogen-bond acceptors (Lipinski definition) is 8. The van der Waals surface area contributed by atoms with Crippen molar-refractivity contribution in [1.82, 2.24) is 0 Å². The first-order chi connectivity index (χ1) is 18.6. The fraction of sp³-hybridized carbons (Fsp3) is 0.885. The van der Waals surface area contributed by atoms with Gasteiger partial charge in [0, 0.05) is 5.57 Å². The van der Waals surface area contributed by atoms with Crippen LogP contribution in [-0.4, -0.2) is 80.8 Å². The molecule has 8 nitrogen and oxygen atoms in total. The Balaban J connectivity index is 6.59. The average molecular weight is 762 g/mol. The molecule has 256 valence electrons. The number of carbonyl (C=O) groups excluding carboxylic acids is 1. The van der Waals surface area contributed by atoms with Gasteiger partial charge in [0.1, 0.15) is 0 Å². The zero-order valence-corrected chi connectivity index (χ0v) is 40.6. The molecule has 0 saturated heterocycles. The summed E-state index contributed by atoms with van der Waals surface area (Å²) in [5.74, 6) is -0.323. The minimum absolute atomic E-state index is 0.323. The molecule has 0 aromatic rings. The fourth-order valence-corrected chi connectivity index (χ4v) is 67.3. The van der Waals surface area contributed by atoms with E-state index in [1.165, 1.54) is 0 Å². The van der Waals surface area contributed by atoms with Crippen molar-refractivity contribution in [3.63, 3.8) is 0 Å². The Kier molecular flexibility index (Phi) is 15.3. The Hall–Kier alpha value is 0.922. The van der Waals surface area contributed by atoms with Gasteiger partial charge in [-0.25, -0.2) is 4.79 Å². The summed E-state index contributed by atoms with van der Waals surface area (Å²) >= 11 is 0. The summed E-state index contributed by atoms with van der Waals surface area (Å²) in [6.45, 7) is 46.9. The SMILES string of the molecule is C=C(C)C(=O)O[Si](CCC)(C[Si](C)(C)O[Si](C)(C)O[Si](C)(C)O[Si](C)(C)C)[Si](C)(C)O[Si](C)(C)O[Si](C)(C)O[Si](C)(C)C. The van der Waals surface area contributed by atoms with Crippen LogP contribution in [0.1, 0.15) is 20.3 Å². The molecule has 0 saturated carbocycles. The van der Waals surface area contributed by atoms with Crippen molar-refractivity contribution in [3.05, 3.63) is 12.2 Å². The highest BCUT2D eigenvalue weighted by Crippen LogP contribution is 2.39. The third-order valence-electron chi connectivity index (χ3n) is 6.21. The summed E-state index contributed by atoms with van der Waals surface area (Å²) in [5.41, 5.74) is 1.15. The van der Waals surface area contributed by atoms with E-state index in [2.05, 4.69) is 131 Å². The second kappa shape index (κ2) is 15.0.